The van der Waals surface area contributed by atoms with Crippen molar-refractivity contribution >= 4 is 33.2 Å². The smallest absolute Gasteiger partial charge is 0.150 e. The highest BCUT2D eigenvalue weighted by molar-refractivity contribution is 7.99. The van der Waals surface area contributed by atoms with E-state index in [0.717, 1.165) is 46.0 Å². The average molecular weight is 446 g/mol. The van der Waals surface area contributed by atoms with Crippen LogP contribution in [0.3, 0.4) is 0 Å². The molecular weight excluding hydrogens is 426 g/mol. The molecule has 1 aromatic carbocycles. The zero-order valence-corrected chi connectivity index (χ0v) is 18.2. The molecule has 0 N–H and O–H groups in total. The molecule has 5 rings (SSSR count). The summed E-state index contributed by atoms with van der Waals surface area (Å²) in [5.74, 6) is 0.121. The molecule has 2 saturated carbocycles. The first-order valence-electron chi connectivity index (χ1n) is 9.56. The standard InChI is InChI=1S/C21H20ClN3O2S2/c1-29(26,27)19-10-17(19)13-2-4-14(5-3-13)21-18(12-25(24-21)16-7-8-16)28-20-9-6-15(22)11-23-20/h2-6,9,11-12,16-17,19H,7-8,10H2,1H3. The predicted molar refractivity (Wildman–Crippen MR) is 115 cm³/mol. The quantitative estimate of drug-likeness (QED) is 0.535. The van der Waals surface area contributed by atoms with Crippen molar-refractivity contribution in [2.24, 2.45) is 0 Å². The Morgan fingerprint density at radius 1 is 1.14 bits per heavy atom. The molecule has 5 nitrogen and oxygen atoms in total. The second-order valence-corrected chi connectivity index (χ2v) is 11.6. The van der Waals surface area contributed by atoms with Gasteiger partial charge in [-0.25, -0.2) is 13.4 Å². The molecule has 0 saturated heterocycles. The van der Waals surface area contributed by atoms with E-state index in [9.17, 15) is 8.42 Å². The lowest BCUT2D eigenvalue weighted by Crippen LogP contribution is -2.05. The van der Waals surface area contributed by atoms with Crippen molar-refractivity contribution in [3.63, 3.8) is 0 Å². The number of hydrogen-bond donors (Lipinski definition) is 0. The highest BCUT2D eigenvalue weighted by Crippen LogP contribution is 2.46. The molecule has 150 valence electrons. The van der Waals surface area contributed by atoms with Gasteiger partial charge in [-0.15, -0.1) is 0 Å². The van der Waals surface area contributed by atoms with E-state index in [0.29, 0.717) is 11.1 Å². The first-order chi connectivity index (χ1) is 13.9. The van der Waals surface area contributed by atoms with Crippen LogP contribution in [0.2, 0.25) is 5.02 Å². The van der Waals surface area contributed by atoms with Crippen LogP contribution in [0.5, 0.6) is 0 Å². The topological polar surface area (TPSA) is 64.8 Å². The van der Waals surface area contributed by atoms with Gasteiger partial charge in [0.2, 0.25) is 0 Å². The van der Waals surface area contributed by atoms with Crippen molar-refractivity contribution in [2.75, 3.05) is 6.26 Å². The number of benzene rings is 1. The highest BCUT2D eigenvalue weighted by atomic mass is 35.5. The third kappa shape index (κ3) is 4.09. The molecule has 2 fully saturated rings. The largest absolute Gasteiger partial charge is 0.268 e. The molecule has 2 aliphatic rings. The highest BCUT2D eigenvalue weighted by Gasteiger charge is 2.45. The molecule has 0 bridgehead atoms. The molecule has 2 aliphatic carbocycles. The van der Waals surface area contributed by atoms with Crippen molar-refractivity contribution in [1.82, 2.24) is 14.8 Å². The van der Waals surface area contributed by atoms with Crippen LogP contribution < -0.4 is 0 Å². The second kappa shape index (κ2) is 7.15. The zero-order chi connectivity index (χ0) is 20.2. The second-order valence-electron chi connectivity index (χ2n) is 7.80. The minimum Gasteiger partial charge on any atom is -0.268 e. The first kappa shape index (κ1) is 19.2. The average Bonchev–Trinajstić information content (AvgIpc) is 3.60. The van der Waals surface area contributed by atoms with E-state index in [1.807, 2.05) is 36.4 Å². The van der Waals surface area contributed by atoms with Crippen molar-refractivity contribution < 1.29 is 8.42 Å². The van der Waals surface area contributed by atoms with E-state index in [4.69, 9.17) is 16.7 Å². The summed E-state index contributed by atoms with van der Waals surface area (Å²) in [6.45, 7) is 0. The van der Waals surface area contributed by atoms with Gasteiger partial charge in [-0.1, -0.05) is 47.6 Å². The fourth-order valence-corrected chi connectivity index (χ4v) is 5.90. The number of pyridine rings is 1. The Hall–Kier alpha value is -1.83. The number of nitrogens with zero attached hydrogens (tertiary/aromatic N) is 3. The molecule has 0 amide bonds. The van der Waals surface area contributed by atoms with Gasteiger partial charge in [-0.2, -0.15) is 5.10 Å². The van der Waals surface area contributed by atoms with E-state index < -0.39 is 9.84 Å². The summed E-state index contributed by atoms with van der Waals surface area (Å²) in [6, 6.07) is 12.4. The molecule has 0 aliphatic heterocycles. The molecule has 8 heteroatoms. The van der Waals surface area contributed by atoms with Crippen molar-refractivity contribution in [1.29, 1.82) is 0 Å². The van der Waals surface area contributed by atoms with Crippen LogP contribution in [-0.2, 0) is 9.84 Å². The Labute approximate surface area is 179 Å². The maximum absolute atomic E-state index is 11.7. The minimum absolute atomic E-state index is 0.121. The Morgan fingerprint density at radius 3 is 2.48 bits per heavy atom. The monoisotopic (exact) mass is 445 g/mol. The van der Waals surface area contributed by atoms with Crippen LogP contribution in [0.25, 0.3) is 11.3 Å². The summed E-state index contributed by atoms with van der Waals surface area (Å²) in [5, 5.41) is 6.10. The number of rotatable bonds is 6. The van der Waals surface area contributed by atoms with Gasteiger partial charge >= 0.3 is 0 Å². The number of sulfone groups is 1. The van der Waals surface area contributed by atoms with Gasteiger partial charge in [0.1, 0.15) is 10.7 Å². The Balaban J connectivity index is 1.43. The number of halogens is 1. The SMILES string of the molecule is CS(=O)(=O)C1CC1c1ccc(-c2nn(C3CC3)cc2Sc2ccc(Cl)cn2)cc1. The third-order valence-corrected chi connectivity index (χ3v) is 8.24. The van der Waals surface area contributed by atoms with E-state index in [1.54, 1.807) is 18.0 Å². The molecule has 2 unspecified atom stereocenters. The van der Waals surface area contributed by atoms with Crippen LogP contribution in [0.1, 0.15) is 36.8 Å². The van der Waals surface area contributed by atoms with Gasteiger partial charge in [0, 0.05) is 30.1 Å². The lowest BCUT2D eigenvalue weighted by Gasteiger charge is -2.05. The van der Waals surface area contributed by atoms with Gasteiger partial charge in [0.15, 0.2) is 9.84 Å². The molecule has 2 heterocycles. The summed E-state index contributed by atoms with van der Waals surface area (Å²) >= 11 is 7.53. The van der Waals surface area contributed by atoms with Crippen LogP contribution in [0.15, 0.2) is 58.7 Å². The summed E-state index contributed by atoms with van der Waals surface area (Å²) in [5.41, 5.74) is 3.04. The fraction of sp³-hybridized carbons (Fsp3) is 0.333. The van der Waals surface area contributed by atoms with Gasteiger partial charge in [0.05, 0.1) is 21.2 Å². The van der Waals surface area contributed by atoms with Crippen molar-refractivity contribution in [3.05, 3.63) is 59.4 Å². The molecule has 2 atom stereocenters. The molecule has 3 aromatic rings. The Morgan fingerprint density at radius 2 is 1.90 bits per heavy atom. The summed E-state index contributed by atoms with van der Waals surface area (Å²) in [7, 11) is -2.97. The fourth-order valence-electron chi connectivity index (χ4n) is 3.59. The maximum Gasteiger partial charge on any atom is 0.150 e. The van der Waals surface area contributed by atoms with Crippen molar-refractivity contribution in [2.45, 2.75) is 46.4 Å². The summed E-state index contributed by atoms with van der Waals surface area (Å²) in [4.78, 5) is 5.45. The van der Waals surface area contributed by atoms with Crippen LogP contribution in [0, 0.1) is 0 Å². The lowest BCUT2D eigenvalue weighted by atomic mass is 10.1. The molecule has 2 aromatic heterocycles. The molecule has 0 radical (unpaired) electrons. The van der Waals surface area contributed by atoms with E-state index in [1.165, 1.54) is 6.26 Å². The molecule has 29 heavy (non-hydrogen) atoms. The molecule has 0 spiro atoms. The van der Waals surface area contributed by atoms with E-state index in [-0.39, 0.29) is 11.2 Å². The minimum atomic E-state index is -2.97. The van der Waals surface area contributed by atoms with Gasteiger partial charge in [-0.3, -0.25) is 4.68 Å². The normalized spacial score (nSPS) is 21.3. The van der Waals surface area contributed by atoms with Crippen LogP contribution in [-0.4, -0.2) is 34.7 Å². The van der Waals surface area contributed by atoms with Crippen LogP contribution in [0.4, 0.5) is 0 Å². The zero-order valence-electron chi connectivity index (χ0n) is 15.8. The van der Waals surface area contributed by atoms with E-state index in [2.05, 4.69) is 15.9 Å². The molecular formula is C21H20ClN3O2S2. The Bertz CT molecular complexity index is 1150. The van der Waals surface area contributed by atoms with Gasteiger partial charge in [0.25, 0.3) is 0 Å². The van der Waals surface area contributed by atoms with Gasteiger partial charge < -0.3 is 0 Å². The van der Waals surface area contributed by atoms with Crippen molar-refractivity contribution in [3.8, 4) is 11.3 Å². The third-order valence-electron chi connectivity index (χ3n) is 5.43. The number of aromatic nitrogens is 3. The Kier molecular flexibility index (Phi) is 4.72. The van der Waals surface area contributed by atoms with Gasteiger partial charge in [-0.05, 0) is 37.0 Å². The van der Waals surface area contributed by atoms with Crippen LogP contribution >= 0.6 is 23.4 Å². The predicted octanol–water partition coefficient (Wildman–Crippen LogP) is 4.99. The number of hydrogen-bond acceptors (Lipinski definition) is 5. The maximum atomic E-state index is 11.7. The van der Waals surface area contributed by atoms with E-state index >= 15 is 0 Å². The summed E-state index contributed by atoms with van der Waals surface area (Å²) in [6.07, 6.45) is 8.12. The first-order valence-corrected chi connectivity index (χ1v) is 12.7. The lowest BCUT2D eigenvalue weighted by molar-refractivity contribution is 0.600. The summed E-state index contributed by atoms with van der Waals surface area (Å²) < 4.78 is 25.6.